The topological polar surface area (TPSA) is 157 Å². The fourth-order valence-corrected chi connectivity index (χ4v) is 5.04. The molecule has 1 aromatic heterocycles. The SMILES string of the molecule is COc1cc2c(cc1-c1ncc(Cl)c(Nc3ccccc3S(=O)(=O)C(C)C)n1)C=C(C(=O)O)NC2N. The lowest BCUT2D eigenvalue weighted by atomic mass is 9.96. The van der Waals surface area contributed by atoms with Crippen molar-refractivity contribution in [2.75, 3.05) is 12.4 Å². The Bertz CT molecular complexity index is 1490. The van der Waals surface area contributed by atoms with E-state index in [1.807, 2.05) is 0 Å². The number of nitrogens with two attached hydrogens (primary N) is 1. The number of fused-ring (bicyclic) bond motifs is 1. The number of aromatic nitrogens is 2. The van der Waals surface area contributed by atoms with Crippen molar-refractivity contribution >= 4 is 45.0 Å². The van der Waals surface area contributed by atoms with E-state index < -0.39 is 27.2 Å². The Morgan fingerprint density at radius 1 is 1.28 bits per heavy atom. The Hall–Kier alpha value is -3.67. The fourth-order valence-electron chi connectivity index (χ4n) is 3.70. The molecule has 0 aliphatic carbocycles. The van der Waals surface area contributed by atoms with Gasteiger partial charge >= 0.3 is 5.97 Å². The number of sulfone groups is 1. The lowest BCUT2D eigenvalue weighted by molar-refractivity contribution is -0.133. The van der Waals surface area contributed by atoms with Crippen LogP contribution in [0.5, 0.6) is 5.75 Å². The molecule has 0 radical (unpaired) electrons. The number of anilines is 2. The molecule has 188 valence electrons. The molecule has 0 spiro atoms. The van der Waals surface area contributed by atoms with Crippen molar-refractivity contribution in [3.63, 3.8) is 0 Å². The molecule has 0 amide bonds. The summed E-state index contributed by atoms with van der Waals surface area (Å²) in [5, 5.41) is 14.7. The van der Waals surface area contributed by atoms with Gasteiger partial charge in [0.25, 0.3) is 0 Å². The van der Waals surface area contributed by atoms with Gasteiger partial charge in [0, 0.05) is 0 Å². The number of nitrogens with zero attached hydrogens (tertiary/aromatic N) is 2. The molecule has 2 aromatic carbocycles. The van der Waals surface area contributed by atoms with Crippen molar-refractivity contribution in [1.82, 2.24) is 15.3 Å². The Morgan fingerprint density at radius 3 is 2.67 bits per heavy atom. The van der Waals surface area contributed by atoms with E-state index in [0.29, 0.717) is 28.1 Å². The maximum absolute atomic E-state index is 12.9. The third kappa shape index (κ3) is 4.72. The van der Waals surface area contributed by atoms with Gasteiger partial charge in [-0.05, 0) is 55.3 Å². The third-order valence-corrected chi connectivity index (χ3v) is 8.12. The van der Waals surface area contributed by atoms with E-state index >= 15 is 0 Å². The minimum Gasteiger partial charge on any atom is -0.496 e. The van der Waals surface area contributed by atoms with Gasteiger partial charge < -0.3 is 26.2 Å². The molecule has 0 saturated heterocycles. The summed E-state index contributed by atoms with van der Waals surface area (Å²) in [5.41, 5.74) is 8.05. The highest BCUT2D eigenvalue weighted by molar-refractivity contribution is 7.92. The number of aliphatic carboxylic acids is 1. The summed E-state index contributed by atoms with van der Waals surface area (Å²) in [7, 11) is -2.10. The van der Waals surface area contributed by atoms with Crippen LogP contribution >= 0.6 is 11.6 Å². The molecular weight excluding hydrogens is 506 g/mol. The van der Waals surface area contributed by atoms with Gasteiger partial charge in [0.15, 0.2) is 21.5 Å². The van der Waals surface area contributed by atoms with Crippen molar-refractivity contribution in [3.8, 4) is 17.1 Å². The first-order chi connectivity index (χ1) is 17.0. The summed E-state index contributed by atoms with van der Waals surface area (Å²) in [4.78, 5) is 20.4. The van der Waals surface area contributed by atoms with Crippen molar-refractivity contribution in [1.29, 1.82) is 0 Å². The number of benzene rings is 2. The van der Waals surface area contributed by atoms with Gasteiger partial charge in [0.1, 0.15) is 22.6 Å². The second-order valence-electron chi connectivity index (χ2n) is 8.27. The molecule has 1 aliphatic rings. The fraction of sp³-hybridized carbons (Fsp3) is 0.208. The minimum atomic E-state index is -3.58. The summed E-state index contributed by atoms with van der Waals surface area (Å²) in [6, 6.07) is 9.86. The van der Waals surface area contributed by atoms with E-state index in [1.165, 1.54) is 25.4 Å². The first kappa shape index (κ1) is 25.4. The Labute approximate surface area is 213 Å². The van der Waals surface area contributed by atoms with Crippen LogP contribution in [0.1, 0.15) is 31.1 Å². The molecule has 12 heteroatoms. The zero-order chi connectivity index (χ0) is 26.2. The Kier molecular flexibility index (Phi) is 6.90. The van der Waals surface area contributed by atoms with Gasteiger partial charge in [-0.25, -0.2) is 23.2 Å². The number of carboxylic acid groups (broad SMARTS) is 1. The number of nitrogens with one attached hydrogen (secondary N) is 2. The van der Waals surface area contributed by atoms with Crippen LogP contribution < -0.4 is 21.1 Å². The van der Waals surface area contributed by atoms with Crippen LogP contribution in [0.15, 0.2) is 53.2 Å². The third-order valence-electron chi connectivity index (χ3n) is 5.63. The quantitative estimate of drug-likeness (QED) is 0.355. The monoisotopic (exact) mass is 529 g/mol. The van der Waals surface area contributed by atoms with Crippen LogP contribution in [-0.4, -0.2) is 41.8 Å². The normalized spacial score (nSPS) is 15.1. The van der Waals surface area contributed by atoms with Crippen LogP contribution in [0.4, 0.5) is 11.5 Å². The zero-order valence-electron chi connectivity index (χ0n) is 19.6. The van der Waals surface area contributed by atoms with Gasteiger partial charge in [-0.15, -0.1) is 0 Å². The predicted octanol–water partition coefficient (Wildman–Crippen LogP) is 3.72. The smallest absolute Gasteiger partial charge is 0.352 e. The number of rotatable bonds is 7. The van der Waals surface area contributed by atoms with Crippen molar-refractivity contribution in [2.24, 2.45) is 5.73 Å². The highest BCUT2D eigenvalue weighted by Crippen LogP contribution is 2.37. The molecule has 36 heavy (non-hydrogen) atoms. The molecule has 0 bridgehead atoms. The van der Waals surface area contributed by atoms with E-state index in [4.69, 9.17) is 22.1 Å². The van der Waals surface area contributed by atoms with E-state index in [-0.39, 0.29) is 27.3 Å². The second-order valence-corrected chi connectivity index (χ2v) is 11.2. The molecule has 3 aromatic rings. The molecular formula is C24H24ClN5O5S. The van der Waals surface area contributed by atoms with E-state index in [0.717, 1.165) is 0 Å². The van der Waals surface area contributed by atoms with Gasteiger partial charge in [0.2, 0.25) is 0 Å². The minimum absolute atomic E-state index is 0.0477. The Morgan fingerprint density at radius 2 is 2.00 bits per heavy atom. The van der Waals surface area contributed by atoms with Gasteiger partial charge in [-0.2, -0.15) is 0 Å². The van der Waals surface area contributed by atoms with Crippen LogP contribution in [-0.2, 0) is 14.6 Å². The van der Waals surface area contributed by atoms with Crippen LogP contribution in [0.3, 0.4) is 0 Å². The molecule has 5 N–H and O–H groups in total. The predicted molar refractivity (Wildman–Crippen MR) is 137 cm³/mol. The molecule has 2 heterocycles. The molecule has 0 saturated carbocycles. The van der Waals surface area contributed by atoms with Crippen LogP contribution in [0, 0.1) is 0 Å². The molecule has 4 rings (SSSR count). The van der Waals surface area contributed by atoms with Gasteiger partial charge in [-0.3, -0.25) is 0 Å². The molecule has 0 fully saturated rings. The number of para-hydroxylation sites is 1. The summed E-state index contributed by atoms with van der Waals surface area (Å²) in [5.74, 6) is -0.317. The summed E-state index contributed by atoms with van der Waals surface area (Å²) in [6.45, 7) is 3.21. The average Bonchev–Trinajstić information content (AvgIpc) is 2.84. The molecule has 1 atom stereocenters. The molecule has 1 unspecified atom stereocenters. The first-order valence-corrected chi connectivity index (χ1v) is 12.8. The number of carbonyl (C=O) groups is 1. The maximum Gasteiger partial charge on any atom is 0.352 e. The van der Waals surface area contributed by atoms with E-state index in [2.05, 4.69) is 20.6 Å². The number of halogens is 1. The number of methoxy groups -OCH3 is 1. The second kappa shape index (κ2) is 9.76. The van der Waals surface area contributed by atoms with Crippen LogP contribution in [0.25, 0.3) is 17.5 Å². The van der Waals surface area contributed by atoms with E-state index in [1.54, 1.807) is 44.2 Å². The number of ether oxygens (including phenoxy) is 1. The maximum atomic E-state index is 12.9. The Balaban J connectivity index is 1.81. The summed E-state index contributed by atoms with van der Waals surface area (Å²) < 4.78 is 31.2. The van der Waals surface area contributed by atoms with Gasteiger partial charge in [0.05, 0.1) is 34.7 Å². The summed E-state index contributed by atoms with van der Waals surface area (Å²) >= 11 is 6.36. The van der Waals surface area contributed by atoms with Crippen molar-refractivity contribution in [3.05, 3.63) is 64.4 Å². The average molecular weight is 530 g/mol. The number of hydrogen-bond acceptors (Lipinski definition) is 9. The zero-order valence-corrected chi connectivity index (χ0v) is 21.2. The number of hydrogen-bond donors (Lipinski definition) is 4. The highest BCUT2D eigenvalue weighted by atomic mass is 35.5. The standard InChI is InChI=1S/C24H24ClN5O5S/c1-12(2)36(33,34)20-7-5-4-6-17(20)29-23-16(25)11-27-22(30-23)15-8-13-9-18(24(31)32)28-21(26)14(13)10-19(15)35-3/h4-12,21,28H,26H2,1-3H3,(H,31,32)(H,27,29,30). The van der Waals surface area contributed by atoms with Crippen molar-refractivity contribution < 1.29 is 23.1 Å². The number of carboxylic acids is 1. The van der Waals surface area contributed by atoms with Gasteiger partial charge in [-0.1, -0.05) is 23.7 Å². The first-order valence-electron chi connectivity index (χ1n) is 10.8. The molecule has 10 nitrogen and oxygen atoms in total. The lowest BCUT2D eigenvalue weighted by Crippen LogP contribution is -2.34. The summed E-state index contributed by atoms with van der Waals surface area (Å²) in [6.07, 6.45) is 2.10. The lowest BCUT2D eigenvalue weighted by Gasteiger charge is -2.24. The largest absolute Gasteiger partial charge is 0.496 e. The van der Waals surface area contributed by atoms with Crippen LogP contribution in [0.2, 0.25) is 5.02 Å². The molecule has 1 aliphatic heterocycles. The van der Waals surface area contributed by atoms with Crippen molar-refractivity contribution in [2.45, 2.75) is 30.2 Å². The highest BCUT2D eigenvalue weighted by Gasteiger charge is 2.25. The van der Waals surface area contributed by atoms with E-state index in [9.17, 15) is 18.3 Å².